The smallest absolute Gasteiger partial charge is 0.264 e. The molecular weight excluding hydrogens is 410 g/mol. The maximum Gasteiger partial charge on any atom is 0.264 e. The third kappa shape index (κ3) is 4.05. The van der Waals surface area contributed by atoms with E-state index in [1.54, 1.807) is 36.9 Å². The van der Waals surface area contributed by atoms with E-state index in [4.69, 9.17) is 9.47 Å². The molecular formula is C25H31NO4S. The van der Waals surface area contributed by atoms with E-state index in [2.05, 4.69) is 0 Å². The van der Waals surface area contributed by atoms with Crippen LogP contribution in [0.2, 0.25) is 0 Å². The number of sulfonamides is 1. The summed E-state index contributed by atoms with van der Waals surface area (Å²) in [5, 5.41) is 0. The van der Waals surface area contributed by atoms with E-state index in [1.807, 2.05) is 31.2 Å². The molecule has 2 aromatic rings. The van der Waals surface area contributed by atoms with Gasteiger partial charge in [0.05, 0.1) is 25.2 Å². The van der Waals surface area contributed by atoms with Crippen LogP contribution in [0.3, 0.4) is 0 Å². The lowest BCUT2D eigenvalue weighted by atomic mass is 9.85. The second-order valence-electron chi connectivity index (χ2n) is 8.38. The molecule has 2 aromatic carbocycles. The predicted molar refractivity (Wildman–Crippen MR) is 123 cm³/mol. The quantitative estimate of drug-likeness (QED) is 0.617. The van der Waals surface area contributed by atoms with Gasteiger partial charge in [0.1, 0.15) is 0 Å². The summed E-state index contributed by atoms with van der Waals surface area (Å²) in [5.41, 5.74) is 4.21. The van der Waals surface area contributed by atoms with Gasteiger partial charge < -0.3 is 9.47 Å². The van der Waals surface area contributed by atoms with Crippen LogP contribution < -0.4 is 9.47 Å². The highest BCUT2D eigenvalue weighted by Gasteiger charge is 2.36. The summed E-state index contributed by atoms with van der Waals surface area (Å²) in [5.74, 6) is 1.43. The summed E-state index contributed by atoms with van der Waals surface area (Å²) in [6, 6.07) is 8.82. The lowest BCUT2D eigenvalue weighted by molar-refractivity contribution is 0.338. The lowest BCUT2D eigenvalue weighted by Crippen LogP contribution is -2.33. The Balaban J connectivity index is 1.88. The third-order valence-corrected chi connectivity index (χ3v) is 8.19. The Bertz CT molecular complexity index is 1070. The van der Waals surface area contributed by atoms with E-state index in [0.717, 1.165) is 60.1 Å². The highest BCUT2D eigenvalue weighted by atomic mass is 32.2. The average molecular weight is 442 g/mol. The zero-order valence-electron chi connectivity index (χ0n) is 18.6. The fourth-order valence-corrected chi connectivity index (χ4v) is 6.28. The molecule has 1 aliphatic heterocycles. The molecule has 0 spiro atoms. The van der Waals surface area contributed by atoms with Gasteiger partial charge in [-0.1, -0.05) is 43.4 Å². The summed E-state index contributed by atoms with van der Waals surface area (Å²) >= 11 is 0. The van der Waals surface area contributed by atoms with Gasteiger partial charge in [-0.25, -0.2) is 8.42 Å². The minimum Gasteiger partial charge on any atom is -0.493 e. The van der Waals surface area contributed by atoms with Crippen LogP contribution in [0.1, 0.15) is 66.8 Å². The number of hydrogen-bond donors (Lipinski definition) is 0. The third-order valence-electron chi connectivity index (χ3n) is 6.39. The molecule has 0 radical (unpaired) electrons. The fraction of sp³-hybridized carbons (Fsp3) is 0.440. The molecule has 6 heteroatoms. The molecule has 166 valence electrons. The van der Waals surface area contributed by atoms with Gasteiger partial charge in [-0.3, -0.25) is 4.31 Å². The maximum atomic E-state index is 13.7. The van der Waals surface area contributed by atoms with E-state index >= 15 is 0 Å². The molecule has 31 heavy (non-hydrogen) atoms. The first-order chi connectivity index (χ1) is 15.0. The molecule has 1 heterocycles. The Hall–Kier alpha value is -2.47. The van der Waals surface area contributed by atoms with Crippen LogP contribution in [-0.4, -0.2) is 26.9 Å². The summed E-state index contributed by atoms with van der Waals surface area (Å²) in [7, 11) is -0.367. The molecule has 1 atom stereocenters. The molecule has 0 N–H and O–H groups in total. The van der Waals surface area contributed by atoms with Crippen molar-refractivity contribution in [1.29, 1.82) is 0 Å². The minimum atomic E-state index is -3.68. The minimum absolute atomic E-state index is 0.251. The predicted octanol–water partition coefficient (Wildman–Crippen LogP) is 5.63. The zero-order chi connectivity index (χ0) is 22.0. The van der Waals surface area contributed by atoms with Crippen molar-refractivity contribution < 1.29 is 17.9 Å². The summed E-state index contributed by atoms with van der Waals surface area (Å²) in [6.45, 7) is 1.96. The van der Waals surface area contributed by atoms with Gasteiger partial charge in [-0.2, -0.15) is 0 Å². The maximum absolute atomic E-state index is 13.7. The molecule has 0 saturated carbocycles. The molecule has 0 saturated heterocycles. The van der Waals surface area contributed by atoms with Crippen LogP contribution in [0.25, 0.3) is 6.08 Å². The van der Waals surface area contributed by atoms with Crippen LogP contribution in [0.4, 0.5) is 0 Å². The van der Waals surface area contributed by atoms with Crippen molar-refractivity contribution in [2.45, 2.75) is 62.8 Å². The number of hydrogen-bond acceptors (Lipinski definition) is 4. The number of rotatable bonds is 4. The normalized spacial score (nSPS) is 18.9. The average Bonchev–Trinajstić information content (AvgIpc) is 2.77. The summed E-state index contributed by atoms with van der Waals surface area (Å²) in [4.78, 5) is 0.324. The Kier molecular flexibility index (Phi) is 6.28. The zero-order valence-corrected chi connectivity index (χ0v) is 19.4. The van der Waals surface area contributed by atoms with E-state index in [0.29, 0.717) is 10.6 Å². The van der Waals surface area contributed by atoms with E-state index < -0.39 is 10.0 Å². The Morgan fingerprint density at radius 1 is 0.968 bits per heavy atom. The van der Waals surface area contributed by atoms with Crippen molar-refractivity contribution in [1.82, 2.24) is 4.31 Å². The largest absolute Gasteiger partial charge is 0.493 e. The molecule has 0 amide bonds. The molecule has 0 aromatic heterocycles. The van der Waals surface area contributed by atoms with Gasteiger partial charge >= 0.3 is 0 Å². The number of methoxy groups -OCH3 is 2. The van der Waals surface area contributed by atoms with Crippen LogP contribution in [0.5, 0.6) is 11.5 Å². The molecule has 0 bridgehead atoms. The van der Waals surface area contributed by atoms with Crippen LogP contribution in [-0.2, 0) is 16.4 Å². The Labute approximate surface area is 185 Å². The monoisotopic (exact) mass is 441 g/mol. The number of nitrogens with zero attached hydrogens (tertiary/aromatic N) is 1. The van der Waals surface area contributed by atoms with Crippen molar-refractivity contribution in [2.24, 2.45) is 0 Å². The molecule has 1 unspecified atom stereocenters. The number of aryl methyl sites for hydroxylation is 1. The van der Waals surface area contributed by atoms with Crippen molar-refractivity contribution in [3.8, 4) is 11.5 Å². The lowest BCUT2D eigenvalue weighted by Gasteiger charge is -2.37. The van der Waals surface area contributed by atoms with Crippen molar-refractivity contribution >= 4 is 16.1 Å². The van der Waals surface area contributed by atoms with Crippen LogP contribution in [0, 0.1) is 6.92 Å². The molecule has 2 aliphatic rings. The number of benzene rings is 2. The fourth-order valence-electron chi connectivity index (χ4n) is 4.79. The Morgan fingerprint density at radius 3 is 2.39 bits per heavy atom. The van der Waals surface area contributed by atoms with Gasteiger partial charge in [0.15, 0.2) is 11.5 Å². The van der Waals surface area contributed by atoms with Gasteiger partial charge in [0.2, 0.25) is 0 Å². The van der Waals surface area contributed by atoms with Crippen LogP contribution in [0.15, 0.2) is 41.4 Å². The summed E-state index contributed by atoms with van der Waals surface area (Å²) in [6.07, 6.45) is 10.8. The second-order valence-corrected chi connectivity index (χ2v) is 10.2. The van der Waals surface area contributed by atoms with Gasteiger partial charge in [-0.15, -0.1) is 0 Å². The van der Waals surface area contributed by atoms with Gasteiger partial charge in [0.25, 0.3) is 10.0 Å². The van der Waals surface area contributed by atoms with Crippen molar-refractivity contribution in [3.05, 3.63) is 58.8 Å². The topological polar surface area (TPSA) is 55.8 Å². The SMILES string of the molecule is COc1cc2c3c(c1OC)CCCCCCCC3N(S(=O)(=O)c1ccc(C)cc1)C=C2. The molecule has 5 nitrogen and oxygen atoms in total. The summed E-state index contributed by atoms with van der Waals surface area (Å²) < 4.78 is 40.3. The first-order valence-electron chi connectivity index (χ1n) is 11.0. The van der Waals surface area contributed by atoms with Gasteiger partial charge in [-0.05, 0) is 61.6 Å². The molecule has 4 rings (SSSR count). The first-order valence-corrected chi connectivity index (χ1v) is 12.5. The van der Waals surface area contributed by atoms with Crippen LogP contribution >= 0.6 is 0 Å². The second kappa shape index (κ2) is 8.95. The van der Waals surface area contributed by atoms with E-state index in [-0.39, 0.29) is 6.04 Å². The molecule has 1 aliphatic carbocycles. The number of ether oxygens (including phenoxy) is 2. The Morgan fingerprint density at radius 2 is 1.68 bits per heavy atom. The first kappa shape index (κ1) is 21.8. The highest BCUT2D eigenvalue weighted by Crippen LogP contribution is 2.46. The van der Waals surface area contributed by atoms with Crippen molar-refractivity contribution in [2.75, 3.05) is 14.2 Å². The van der Waals surface area contributed by atoms with E-state index in [1.165, 1.54) is 12.8 Å². The van der Waals surface area contributed by atoms with Crippen molar-refractivity contribution in [3.63, 3.8) is 0 Å². The van der Waals surface area contributed by atoms with Gasteiger partial charge in [0, 0.05) is 11.8 Å². The standard InChI is InChI=1S/C25H31NO4S/c1-18-11-13-20(14-12-18)31(27,28)26-16-15-19-17-23(29-2)25(30-3)21-9-7-5-4-6-8-10-22(26)24(19)21/h11-17,22H,4-10H2,1-3H3. The molecule has 0 fully saturated rings. The highest BCUT2D eigenvalue weighted by molar-refractivity contribution is 7.89. The van der Waals surface area contributed by atoms with E-state index in [9.17, 15) is 8.42 Å².